The molecule has 2 aromatic heterocycles. The van der Waals surface area contributed by atoms with Crippen LogP contribution in [0, 0.1) is 0 Å². The van der Waals surface area contributed by atoms with Gasteiger partial charge in [-0.05, 0) is 6.07 Å². The van der Waals surface area contributed by atoms with E-state index in [4.69, 9.17) is 0 Å². The minimum Gasteiger partial charge on any atom is -0.245 e. The second-order valence-corrected chi connectivity index (χ2v) is 2.31. The molecule has 0 aliphatic carbocycles. The van der Waals surface area contributed by atoms with Gasteiger partial charge >= 0.3 is 0 Å². The summed E-state index contributed by atoms with van der Waals surface area (Å²) < 4.78 is 0. The van der Waals surface area contributed by atoms with Crippen LogP contribution in [-0.2, 0) is 7.05 Å². The smallest absolute Gasteiger partial charge is 0.131 e. The van der Waals surface area contributed by atoms with Gasteiger partial charge in [0.05, 0.1) is 11.9 Å². The van der Waals surface area contributed by atoms with Crippen LogP contribution in [0.25, 0.3) is 11.4 Å². The summed E-state index contributed by atoms with van der Waals surface area (Å²) in [5.74, 6) is 0. The molecule has 12 heavy (non-hydrogen) atoms. The van der Waals surface area contributed by atoms with Gasteiger partial charge in [0.25, 0.3) is 0 Å². The van der Waals surface area contributed by atoms with Gasteiger partial charge in [-0.15, -0.1) is 0 Å². The van der Waals surface area contributed by atoms with Gasteiger partial charge in [-0.25, -0.2) is 9.97 Å². The Kier molecular flexibility index (Phi) is 1.55. The highest BCUT2D eigenvalue weighted by Crippen LogP contribution is 2.09. The molecule has 0 saturated carbocycles. The maximum atomic E-state index is 4.10. The second kappa shape index (κ2) is 2.69. The zero-order chi connectivity index (χ0) is 8.39. The fourth-order valence-electron chi connectivity index (χ4n) is 0.905. The first kappa shape index (κ1) is 6.90. The molecule has 0 aromatic carbocycles. The third-order valence-electron chi connectivity index (χ3n) is 1.44. The number of aryl methyl sites for hydroxylation is 1. The van der Waals surface area contributed by atoms with Crippen LogP contribution in [-0.4, -0.2) is 25.0 Å². The molecule has 0 fully saturated rings. The third kappa shape index (κ3) is 1.16. The van der Waals surface area contributed by atoms with Crippen molar-refractivity contribution in [2.75, 3.05) is 0 Å². The summed E-state index contributed by atoms with van der Waals surface area (Å²) in [7, 11) is 1.77. The predicted molar refractivity (Wildman–Crippen MR) is 42.0 cm³/mol. The van der Waals surface area contributed by atoms with Crippen molar-refractivity contribution < 1.29 is 0 Å². The van der Waals surface area contributed by atoms with Crippen LogP contribution in [0.15, 0.2) is 24.8 Å². The average Bonchev–Trinajstić information content (AvgIpc) is 2.54. The minimum atomic E-state index is 0.764. The highest BCUT2D eigenvalue weighted by molar-refractivity contribution is 5.50. The van der Waals surface area contributed by atoms with Gasteiger partial charge < -0.3 is 0 Å². The molecular formula is C7H7N5. The summed E-state index contributed by atoms with van der Waals surface area (Å²) in [6.45, 7) is 0. The van der Waals surface area contributed by atoms with E-state index in [0.717, 1.165) is 11.4 Å². The maximum Gasteiger partial charge on any atom is 0.131 e. The van der Waals surface area contributed by atoms with Crippen molar-refractivity contribution in [2.24, 2.45) is 7.05 Å². The molecule has 2 rings (SSSR count). The second-order valence-electron chi connectivity index (χ2n) is 2.31. The first-order valence-electron chi connectivity index (χ1n) is 3.49. The Morgan fingerprint density at radius 1 is 1.33 bits per heavy atom. The van der Waals surface area contributed by atoms with E-state index in [2.05, 4.69) is 20.2 Å². The van der Waals surface area contributed by atoms with Crippen LogP contribution in [0.5, 0.6) is 0 Å². The van der Waals surface area contributed by atoms with Crippen molar-refractivity contribution in [3.8, 4) is 11.4 Å². The summed E-state index contributed by atoms with van der Waals surface area (Å²) in [6.07, 6.45) is 4.84. The summed E-state index contributed by atoms with van der Waals surface area (Å²) >= 11 is 0. The predicted octanol–water partition coefficient (Wildman–Crippen LogP) is 0.272. The van der Waals surface area contributed by atoms with Gasteiger partial charge in [0.2, 0.25) is 0 Å². The van der Waals surface area contributed by atoms with Crippen molar-refractivity contribution >= 4 is 0 Å². The van der Waals surface area contributed by atoms with Crippen LogP contribution < -0.4 is 0 Å². The molecule has 0 unspecified atom stereocenters. The summed E-state index contributed by atoms with van der Waals surface area (Å²) in [5.41, 5.74) is 1.55. The molecule has 0 atom stereocenters. The minimum absolute atomic E-state index is 0.764. The Hall–Kier alpha value is -1.78. The normalized spacial score (nSPS) is 10.1. The molecule has 2 heterocycles. The number of hydrogen-bond donors (Lipinski definition) is 0. The Morgan fingerprint density at radius 3 is 2.83 bits per heavy atom. The molecule has 0 amide bonds. The maximum absolute atomic E-state index is 4.10. The van der Waals surface area contributed by atoms with Gasteiger partial charge in [0.15, 0.2) is 0 Å². The molecule has 0 saturated heterocycles. The van der Waals surface area contributed by atoms with Crippen molar-refractivity contribution in [1.29, 1.82) is 0 Å². The fraction of sp³-hybridized carbons (Fsp3) is 0.143. The Morgan fingerprint density at radius 2 is 2.25 bits per heavy atom. The zero-order valence-corrected chi connectivity index (χ0v) is 6.55. The standard InChI is InChI=1S/C7H7N5/c1-12-10-4-7(11-12)6-2-3-8-5-9-6/h2-5H,1H3. The Bertz CT molecular complexity index is 366. The van der Waals surface area contributed by atoms with E-state index >= 15 is 0 Å². The van der Waals surface area contributed by atoms with Gasteiger partial charge in [0, 0.05) is 13.2 Å². The fourth-order valence-corrected chi connectivity index (χ4v) is 0.905. The van der Waals surface area contributed by atoms with Crippen LogP contribution in [0.4, 0.5) is 0 Å². The molecule has 0 aliphatic heterocycles. The lowest BCUT2D eigenvalue weighted by molar-refractivity contribution is 0.655. The number of rotatable bonds is 1. The Labute approximate surface area is 69.1 Å². The number of nitrogens with zero attached hydrogens (tertiary/aromatic N) is 5. The van der Waals surface area contributed by atoms with Gasteiger partial charge in [-0.1, -0.05) is 0 Å². The molecule has 0 spiro atoms. The zero-order valence-electron chi connectivity index (χ0n) is 6.55. The van der Waals surface area contributed by atoms with E-state index in [0.29, 0.717) is 0 Å². The highest BCUT2D eigenvalue weighted by Gasteiger charge is 2.01. The van der Waals surface area contributed by atoms with E-state index in [1.807, 2.05) is 0 Å². The van der Waals surface area contributed by atoms with Crippen LogP contribution in [0.3, 0.4) is 0 Å². The molecule has 0 N–H and O–H groups in total. The van der Waals surface area contributed by atoms with Crippen molar-refractivity contribution in [1.82, 2.24) is 25.0 Å². The van der Waals surface area contributed by atoms with Crippen molar-refractivity contribution in [2.45, 2.75) is 0 Å². The molecule has 0 aliphatic rings. The van der Waals surface area contributed by atoms with E-state index in [1.165, 1.54) is 11.1 Å². The van der Waals surface area contributed by atoms with E-state index in [1.54, 1.807) is 25.5 Å². The lowest BCUT2D eigenvalue weighted by Crippen LogP contribution is -1.92. The summed E-state index contributed by atoms with van der Waals surface area (Å²) in [6, 6.07) is 1.80. The average molecular weight is 161 g/mol. The summed E-state index contributed by atoms with van der Waals surface area (Å²) in [4.78, 5) is 9.34. The molecule has 60 valence electrons. The number of aromatic nitrogens is 5. The SMILES string of the molecule is Cn1ncc(-c2ccncn2)n1. The topological polar surface area (TPSA) is 56.5 Å². The van der Waals surface area contributed by atoms with Crippen LogP contribution in [0.1, 0.15) is 0 Å². The summed E-state index contributed by atoms with van der Waals surface area (Å²) in [5, 5.41) is 8.03. The van der Waals surface area contributed by atoms with E-state index in [9.17, 15) is 0 Å². The molecular weight excluding hydrogens is 154 g/mol. The van der Waals surface area contributed by atoms with Crippen LogP contribution >= 0.6 is 0 Å². The molecule has 0 bridgehead atoms. The first-order chi connectivity index (χ1) is 5.86. The Balaban J connectivity index is 2.45. The largest absolute Gasteiger partial charge is 0.245 e. The van der Waals surface area contributed by atoms with E-state index < -0.39 is 0 Å². The lowest BCUT2D eigenvalue weighted by atomic mass is 10.3. The van der Waals surface area contributed by atoms with Gasteiger partial charge in [-0.3, -0.25) is 0 Å². The van der Waals surface area contributed by atoms with E-state index in [-0.39, 0.29) is 0 Å². The molecule has 2 aromatic rings. The first-order valence-corrected chi connectivity index (χ1v) is 3.49. The molecule has 0 radical (unpaired) electrons. The van der Waals surface area contributed by atoms with Gasteiger partial charge in [0.1, 0.15) is 12.0 Å². The van der Waals surface area contributed by atoms with Gasteiger partial charge in [-0.2, -0.15) is 15.0 Å². The quantitative estimate of drug-likeness (QED) is 0.602. The lowest BCUT2D eigenvalue weighted by Gasteiger charge is -1.90. The third-order valence-corrected chi connectivity index (χ3v) is 1.44. The highest BCUT2D eigenvalue weighted by atomic mass is 15.4. The molecule has 5 nitrogen and oxygen atoms in total. The molecule has 5 heteroatoms. The number of hydrogen-bond acceptors (Lipinski definition) is 4. The van der Waals surface area contributed by atoms with Crippen molar-refractivity contribution in [3.63, 3.8) is 0 Å². The monoisotopic (exact) mass is 161 g/mol. The van der Waals surface area contributed by atoms with Crippen LogP contribution in [0.2, 0.25) is 0 Å². The van der Waals surface area contributed by atoms with Crippen molar-refractivity contribution in [3.05, 3.63) is 24.8 Å².